The molecule has 0 spiro atoms. The molecule has 0 fully saturated rings. The molecule has 1 rings (SSSR count). The number of pyridine rings is 1. The van der Waals surface area contributed by atoms with Crippen molar-refractivity contribution < 1.29 is 8.42 Å². The molecule has 0 aliphatic heterocycles. The van der Waals surface area contributed by atoms with Gasteiger partial charge >= 0.3 is 0 Å². The monoisotopic (exact) mass is 251 g/mol. The maximum Gasteiger partial charge on any atom is 0.266 e. The van der Waals surface area contributed by atoms with Crippen molar-refractivity contribution in [2.45, 2.75) is 4.90 Å². The van der Waals surface area contributed by atoms with Crippen molar-refractivity contribution in [3.05, 3.63) is 27.1 Å². The predicted molar refractivity (Wildman–Crippen MR) is 47.9 cm³/mol. The zero-order valence-electron chi connectivity index (χ0n) is 6.17. The van der Waals surface area contributed by atoms with Crippen molar-refractivity contribution >= 4 is 25.8 Å². The molecule has 0 aliphatic carbocycles. The fourth-order valence-corrected chi connectivity index (χ4v) is 1.95. The molecule has 0 aliphatic rings. The van der Waals surface area contributed by atoms with Crippen molar-refractivity contribution in [1.29, 1.82) is 0 Å². The maximum atomic E-state index is 11.0. The first kappa shape index (κ1) is 9.47. The summed E-state index contributed by atoms with van der Waals surface area (Å²) in [5.41, 5.74) is -0.597. The van der Waals surface area contributed by atoms with E-state index in [0.717, 1.165) is 6.26 Å². The normalized spacial score (nSPS) is 11.5. The molecule has 0 bridgehead atoms. The molecule has 12 heavy (non-hydrogen) atoms. The minimum Gasteiger partial charge on any atom is -0.327 e. The summed E-state index contributed by atoms with van der Waals surface area (Å²) in [5, 5.41) is 0. The molecule has 1 aromatic rings. The summed E-state index contributed by atoms with van der Waals surface area (Å²) in [6.45, 7) is 0. The SMILES string of the molecule is CS(=O)(=O)c1cc(Br)c[nH]c1=O. The third kappa shape index (κ3) is 1.95. The van der Waals surface area contributed by atoms with Crippen LogP contribution in [0.25, 0.3) is 0 Å². The first-order valence-corrected chi connectivity index (χ1v) is 5.68. The highest BCUT2D eigenvalue weighted by atomic mass is 79.9. The van der Waals surface area contributed by atoms with E-state index in [9.17, 15) is 13.2 Å². The summed E-state index contributed by atoms with van der Waals surface area (Å²) in [7, 11) is -3.43. The van der Waals surface area contributed by atoms with Gasteiger partial charge in [0.2, 0.25) is 0 Å². The van der Waals surface area contributed by atoms with Crippen LogP contribution in [0.2, 0.25) is 0 Å². The van der Waals surface area contributed by atoms with Gasteiger partial charge in [-0.05, 0) is 22.0 Å². The van der Waals surface area contributed by atoms with Crippen LogP contribution in [0, 0.1) is 0 Å². The Morgan fingerprint density at radius 3 is 2.50 bits per heavy atom. The summed E-state index contributed by atoms with van der Waals surface area (Å²) in [6, 6.07) is 1.27. The topological polar surface area (TPSA) is 67.0 Å². The predicted octanol–water partition coefficient (Wildman–Crippen LogP) is 0.541. The molecule has 1 heterocycles. The van der Waals surface area contributed by atoms with Gasteiger partial charge in [-0.3, -0.25) is 4.79 Å². The van der Waals surface area contributed by atoms with Crippen molar-refractivity contribution in [2.24, 2.45) is 0 Å². The van der Waals surface area contributed by atoms with Gasteiger partial charge in [0.05, 0.1) is 0 Å². The number of sulfone groups is 1. The lowest BCUT2D eigenvalue weighted by Crippen LogP contribution is -2.15. The van der Waals surface area contributed by atoms with E-state index in [2.05, 4.69) is 20.9 Å². The molecule has 0 atom stereocenters. The minimum absolute atomic E-state index is 0.225. The van der Waals surface area contributed by atoms with Gasteiger partial charge in [0.25, 0.3) is 5.56 Å². The average molecular weight is 252 g/mol. The summed E-state index contributed by atoms with van der Waals surface area (Å²) < 4.78 is 22.5. The molecular formula is C6H6BrNO3S. The minimum atomic E-state index is -3.43. The van der Waals surface area contributed by atoms with Gasteiger partial charge in [-0.2, -0.15) is 0 Å². The van der Waals surface area contributed by atoms with Crippen LogP contribution >= 0.6 is 15.9 Å². The van der Waals surface area contributed by atoms with Gasteiger partial charge < -0.3 is 4.98 Å². The first-order valence-electron chi connectivity index (χ1n) is 2.99. The van der Waals surface area contributed by atoms with Gasteiger partial charge in [-0.25, -0.2) is 8.42 Å². The average Bonchev–Trinajstić information content (AvgIpc) is 1.92. The standard InChI is InChI=1S/C6H6BrNO3S/c1-12(10,11)5-2-4(7)3-8-6(5)9/h2-3H,1H3,(H,8,9). The van der Waals surface area contributed by atoms with Gasteiger partial charge in [-0.15, -0.1) is 0 Å². The molecule has 1 aromatic heterocycles. The van der Waals surface area contributed by atoms with E-state index < -0.39 is 15.4 Å². The highest BCUT2D eigenvalue weighted by Gasteiger charge is 2.11. The second-order valence-corrected chi connectivity index (χ2v) is 5.18. The Morgan fingerprint density at radius 2 is 2.08 bits per heavy atom. The lowest BCUT2D eigenvalue weighted by atomic mass is 10.5. The summed E-state index contributed by atoms with van der Waals surface area (Å²) >= 11 is 3.05. The van der Waals surface area contributed by atoms with Gasteiger partial charge in [-0.1, -0.05) is 0 Å². The van der Waals surface area contributed by atoms with E-state index in [1.165, 1.54) is 12.3 Å². The number of aromatic nitrogens is 1. The lowest BCUT2D eigenvalue weighted by Gasteiger charge is -1.96. The van der Waals surface area contributed by atoms with E-state index in [1.54, 1.807) is 0 Å². The number of H-pyrrole nitrogens is 1. The maximum absolute atomic E-state index is 11.0. The summed E-state index contributed by atoms with van der Waals surface area (Å²) in [5.74, 6) is 0. The van der Waals surface area contributed by atoms with Crippen LogP contribution < -0.4 is 5.56 Å². The third-order valence-corrected chi connectivity index (χ3v) is 2.79. The zero-order valence-corrected chi connectivity index (χ0v) is 8.57. The molecule has 0 radical (unpaired) electrons. The van der Waals surface area contributed by atoms with E-state index in [0.29, 0.717) is 4.47 Å². The molecule has 6 heteroatoms. The Kier molecular flexibility index (Phi) is 2.39. The molecule has 0 unspecified atom stereocenters. The molecule has 0 amide bonds. The van der Waals surface area contributed by atoms with E-state index in [-0.39, 0.29) is 4.90 Å². The molecule has 0 saturated heterocycles. The van der Waals surface area contributed by atoms with Crippen LogP contribution in [0.5, 0.6) is 0 Å². The van der Waals surface area contributed by atoms with Gasteiger partial charge in [0, 0.05) is 16.9 Å². The van der Waals surface area contributed by atoms with Crippen molar-refractivity contribution in [3.8, 4) is 0 Å². The Balaban J connectivity index is 3.55. The number of hydrogen-bond acceptors (Lipinski definition) is 3. The van der Waals surface area contributed by atoms with E-state index in [1.807, 2.05) is 0 Å². The summed E-state index contributed by atoms with van der Waals surface area (Å²) in [6.07, 6.45) is 2.38. The second kappa shape index (κ2) is 3.02. The number of halogens is 1. The smallest absolute Gasteiger partial charge is 0.266 e. The number of nitrogens with one attached hydrogen (secondary N) is 1. The number of hydrogen-bond donors (Lipinski definition) is 1. The van der Waals surface area contributed by atoms with E-state index >= 15 is 0 Å². The summed E-state index contributed by atoms with van der Waals surface area (Å²) in [4.78, 5) is 13.0. The Morgan fingerprint density at radius 1 is 1.50 bits per heavy atom. The molecule has 0 aromatic carbocycles. The second-order valence-electron chi connectivity index (χ2n) is 2.28. The molecule has 1 N–H and O–H groups in total. The molecule has 66 valence electrons. The highest BCUT2D eigenvalue weighted by molar-refractivity contribution is 9.10. The van der Waals surface area contributed by atoms with Crippen LogP contribution in [0.4, 0.5) is 0 Å². The molecular weight excluding hydrogens is 246 g/mol. The zero-order chi connectivity index (χ0) is 9.35. The van der Waals surface area contributed by atoms with Crippen molar-refractivity contribution in [3.63, 3.8) is 0 Å². The number of rotatable bonds is 1. The van der Waals surface area contributed by atoms with Crippen LogP contribution in [0.1, 0.15) is 0 Å². The lowest BCUT2D eigenvalue weighted by molar-refractivity contribution is 0.600. The number of aromatic amines is 1. The van der Waals surface area contributed by atoms with Gasteiger partial charge in [0.1, 0.15) is 4.90 Å². The van der Waals surface area contributed by atoms with Crippen LogP contribution in [0.15, 0.2) is 26.4 Å². The van der Waals surface area contributed by atoms with Crippen molar-refractivity contribution in [2.75, 3.05) is 6.26 Å². The van der Waals surface area contributed by atoms with Gasteiger partial charge in [0.15, 0.2) is 9.84 Å². The van der Waals surface area contributed by atoms with Crippen LogP contribution in [-0.2, 0) is 9.84 Å². The van der Waals surface area contributed by atoms with Crippen LogP contribution in [-0.4, -0.2) is 19.7 Å². The molecule has 4 nitrogen and oxygen atoms in total. The molecule has 0 saturated carbocycles. The van der Waals surface area contributed by atoms with Crippen molar-refractivity contribution in [1.82, 2.24) is 4.98 Å². The fourth-order valence-electron chi connectivity index (χ4n) is 0.713. The quantitative estimate of drug-likeness (QED) is 0.793. The van der Waals surface area contributed by atoms with Crippen LogP contribution in [0.3, 0.4) is 0 Å². The Labute approximate surface area is 77.7 Å². The third-order valence-electron chi connectivity index (χ3n) is 1.23. The highest BCUT2D eigenvalue weighted by Crippen LogP contribution is 2.10. The Hall–Kier alpha value is -0.620. The largest absolute Gasteiger partial charge is 0.327 e. The first-order chi connectivity index (χ1) is 5.41. The van der Waals surface area contributed by atoms with E-state index in [4.69, 9.17) is 0 Å². The fraction of sp³-hybridized carbons (Fsp3) is 0.167. The Bertz CT molecular complexity index is 448.